The summed E-state index contributed by atoms with van der Waals surface area (Å²) in [4.78, 5) is 15.5. The fraction of sp³-hybridized carbons (Fsp3) is 0.700. The zero-order chi connectivity index (χ0) is 11.5. The van der Waals surface area contributed by atoms with Gasteiger partial charge in [0.2, 0.25) is 5.89 Å². The van der Waals surface area contributed by atoms with Gasteiger partial charge in [-0.15, -0.1) is 0 Å². The van der Waals surface area contributed by atoms with Crippen LogP contribution in [-0.2, 0) is 6.42 Å². The summed E-state index contributed by atoms with van der Waals surface area (Å²) >= 11 is 0. The standard InChI is InChI=1S/C10H16N4O2/c1-6(11)2-5-8-13-9(14-16-8)10(15)12-7-3-4-7/h6-7H,2-5,11H2,1H3,(H,12,15). The summed E-state index contributed by atoms with van der Waals surface area (Å²) in [5.74, 6) is 0.336. The third-order valence-corrected chi connectivity index (χ3v) is 2.40. The molecule has 2 rings (SSSR count). The van der Waals surface area contributed by atoms with Crippen LogP contribution in [0.3, 0.4) is 0 Å². The lowest BCUT2D eigenvalue weighted by molar-refractivity contribution is 0.0937. The fourth-order valence-corrected chi connectivity index (χ4v) is 1.28. The maximum absolute atomic E-state index is 11.5. The number of rotatable bonds is 5. The van der Waals surface area contributed by atoms with Crippen LogP contribution >= 0.6 is 0 Å². The molecular formula is C10H16N4O2. The quantitative estimate of drug-likeness (QED) is 0.747. The molecule has 0 spiro atoms. The van der Waals surface area contributed by atoms with E-state index < -0.39 is 0 Å². The van der Waals surface area contributed by atoms with Gasteiger partial charge in [0.05, 0.1) is 0 Å². The molecule has 1 aliphatic rings. The molecule has 0 saturated heterocycles. The molecule has 1 aliphatic carbocycles. The van der Waals surface area contributed by atoms with Gasteiger partial charge in [-0.2, -0.15) is 4.98 Å². The van der Waals surface area contributed by atoms with Crippen LogP contribution in [0, 0.1) is 0 Å². The van der Waals surface area contributed by atoms with Crippen molar-refractivity contribution in [3.63, 3.8) is 0 Å². The van der Waals surface area contributed by atoms with Gasteiger partial charge in [-0.25, -0.2) is 0 Å². The van der Waals surface area contributed by atoms with Crippen LogP contribution in [0.25, 0.3) is 0 Å². The van der Waals surface area contributed by atoms with Crippen LogP contribution in [0.1, 0.15) is 42.7 Å². The highest BCUT2D eigenvalue weighted by Crippen LogP contribution is 2.18. The highest BCUT2D eigenvalue weighted by Gasteiger charge is 2.25. The molecule has 1 unspecified atom stereocenters. The summed E-state index contributed by atoms with van der Waals surface area (Å²) in [5.41, 5.74) is 5.61. The van der Waals surface area contributed by atoms with E-state index in [0.29, 0.717) is 18.4 Å². The zero-order valence-corrected chi connectivity index (χ0v) is 9.27. The molecule has 3 N–H and O–H groups in total. The number of carbonyl (C=O) groups is 1. The van der Waals surface area contributed by atoms with E-state index in [1.165, 1.54) is 0 Å². The Kier molecular flexibility index (Phi) is 3.19. The second kappa shape index (κ2) is 4.61. The zero-order valence-electron chi connectivity index (χ0n) is 9.27. The molecule has 1 fully saturated rings. The first-order valence-electron chi connectivity index (χ1n) is 5.54. The van der Waals surface area contributed by atoms with E-state index in [1.54, 1.807) is 0 Å². The Hall–Kier alpha value is -1.43. The van der Waals surface area contributed by atoms with E-state index in [1.807, 2.05) is 6.92 Å². The van der Waals surface area contributed by atoms with Crippen LogP contribution in [-0.4, -0.2) is 28.1 Å². The van der Waals surface area contributed by atoms with Crippen molar-refractivity contribution in [2.45, 2.75) is 44.7 Å². The SMILES string of the molecule is CC(N)CCc1nc(C(=O)NC2CC2)no1. The number of hydrogen-bond donors (Lipinski definition) is 2. The number of nitrogens with zero attached hydrogens (tertiary/aromatic N) is 2. The van der Waals surface area contributed by atoms with Gasteiger partial charge in [0.15, 0.2) is 0 Å². The van der Waals surface area contributed by atoms with E-state index >= 15 is 0 Å². The molecule has 1 atom stereocenters. The van der Waals surface area contributed by atoms with Crippen molar-refractivity contribution >= 4 is 5.91 Å². The summed E-state index contributed by atoms with van der Waals surface area (Å²) in [6.45, 7) is 1.91. The predicted molar refractivity (Wildman–Crippen MR) is 56.8 cm³/mol. The Balaban J connectivity index is 1.87. The Bertz CT molecular complexity index is 371. The monoisotopic (exact) mass is 224 g/mol. The highest BCUT2D eigenvalue weighted by atomic mass is 16.5. The molecule has 1 heterocycles. The number of nitrogens with one attached hydrogen (secondary N) is 1. The van der Waals surface area contributed by atoms with Gasteiger partial charge >= 0.3 is 0 Å². The third kappa shape index (κ3) is 3.03. The highest BCUT2D eigenvalue weighted by molar-refractivity contribution is 5.90. The van der Waals surface area contributed by atoms with Crippen molar-refractivity contribution < 1.29 is 9.32 Å². The normalized spacial score (nSPS) is 17.1. The molecule has 0 aromatic carbocycles. The summed E-state index contributed by atoms with van der Waals surface area (Å²) in [5, 5.41) is 6.44. The van der Waals surface area contributed by atoms with Crippen LogP contribution in [0.4, 0.5) is 0 Å². The molecule has 16 heavy (non-hydrogen) atoms. The summed E-state index contributed by atoms with van der Waals surface area (Å²) in [7, 11) is 0. The molecule has 6 heteroatoms. The molecule has 1 saturated carbocycles. The van der Waals surface area contributed by atoms with E-state index in [0.717, 1.165) is 19.3 Å². The Morgan fingerprint density at radius 1 is 1.69 bits per heavy atom. The Morgan fingerprint density at radius 2 is 2.44 bits per heavy atom. The maximum atomic E-state index is 11.5. The molecule has 0 radical (unpaired) electrons. The van der Waals surface area contributed by atoms with Crippen LogP contribution < -0.4 is 11.1 Å². The lowest BCUT2D eigenvalue weighted by Crippen LogP contribution is -2.26. The van der Waals surface area contributed by atoms with Crippen molar-refractivity contribution in [2.75, 3.05) is 0 Å². The van der Waals surface area contributed by atoms with Crippen molar-refractivity contribution in [2.24, 2.45) is 5.73 Å². The van der Waals surface area contributed by atoms with Gasteiger partial charge in [0.1, 0.15) is 0 Å². The first kappa shape index (κ1) is 11.1. The van der Waals surface area contributed by atoms with Gasteiger partial charge in [0.25, 0.3) is 11.7 Å². The fourth-order valence-electron chi connectivity index (χ4n) is 1.28. The average Bonchev–Trinajstić information content (AvgIpc) is 2.92. The maximum Gasteiger partial charge on any atom is 0.292 e. The molecule has 1 aromatic heterocycles. The Labute approximate surface area is 93.6 Å². The molecule has 88 valence electrons. The van der Waals surface area contributed by atoms with Crippen LogP contribution in [0.5, 0.6) is 0 Å². The van der Waals surface area contributed by atoms with Gasteiger partial charge < -0.3 is 15.6 Å². The lowest BCUT2D eigenvalue weighted by Gasteiger charge is -1.99. The van der Waals surface area contributed by atoms with E-state index in [-0.39, 0.29) is 17.8 Å². The minimum Gasteiger partial charge on any atom is -0.346 e. The largest absolute Gasteiger partial charge is 0.346 e. The summed E-state index contributed by atoms with van der Waals surface area (Å²) in [6, 6.07) is 0.397. The number of hydrogen-bond acceptors (Lipinski definition) is 5. The minimum atomic E-state index is -0.252. The number of amides is 1. The number of aromatic nitrogens is 2. The van der Waals surface area contributed by atoms with Crippen LogP contribution in [0.2, 0.25) is 0 Å². The molecule has 0 aliphatic heterocycles. The number of carbonyl (C=O) groups excluding carboxylic acids is 1. The van der Waals surface area contributed by atoms with Crippen molar-refractivity contribution in [3.05, 3.63) is 11.7 Å². The number of aryl methyl sites for hydroxylation is 1. The van der Waals surface area contributed by atoms with Gasteiger partial charge in [-0.1, -0.05) is 5.16 Å². The summed E-state index contributed by atoms with van der Waals surface area (Å²) in [6.07, 6.45) is 3.47. The molecule has 0 bridgehead atoms. The van der Waals surface area contributed by atoms with E-state index in [9.17, 15) is 4.79 Å². The van der Waals surface area contributed by atoms with Crippen molar-refractivity contribution in [1.82, 2.24) is 15.5 Å². The van der Waals surface area contributed by atoms with E-state index in [2.05, 4.69) is 15.5 Å². The molecule has 1 amide bonds. The van der Waals surface area contributed by atoms with Crippen LogP contribution in [0.15, 0.2) is 4.52 Å². The number of nitrogens with two attached hydrogens (primary N) is 1. The lowest BCUT2D eigenvalue weighted by atomic mass is 10.2. The average molecular weight is 224 g/mol. The smallest absolute Gasteiger partial charge is 0.292 e. The summed E-state index contributed by atoms with van der Waals surface area (Å²) < 4.78 is 4.96. The first-order chi connectivity index (χ1) is 7.65. The molecule has 6 nitrogen and oxygen atoms in total. The second-order valence-corrected chi connectivity index (χ2v) is 4.28. The third-order valence-electron chi connectivity index (χ3n) is 2.40. The molecular weight excluding hydrogens is 208 g/mol. The first-order valence-corrected chi connectivity index (χ1v) is 5.54. The van der Waals surface area contributed by atoms with Gasteiger partial charge in [0, 0.05) is 18.5 Å². The van der Waals surface area contributed by atoms with Gasteiger partial charge in [-0.05, 0) is 26.2 Å². The predicted octanol–water partition coefficient (Wildman–Crippen LogP) is 0.242. The minimum absolute atomic E-state index is 0.0932. The topological polar surface area (TPSA) is 94.0 Å². The molecule has 1 aromatic rings. The van der Waals surface area contributed by atoms with Gasteiger partial charge in [-0.3, -0.25) is 4.79 Å². The Morgan fingerprint density at radius 3 is 3.06 bits per heavy atom. The second-order valence-electron chi connectivity index (χ2n) is 4.28. The van der Waals surface area contributed by atoms with E-state index in [4.69, 9.17) is 10.3 Å². The van der Waals surface area contributed by atoms with Crippen molar-refractivity contribution in [1.29, 1.82) is 0 Å². The van der Waals surface area contributed by atoms with Crippen molar-refractivity contribution in [3.8, 4) is 0 Å².